The van der Waals surface area contributed by atoms with E-state index in [1.165, 1.54) is 6.07 Å². The quantitative estimate of drug-likeness (QED) is 0.696. The molecule has 2 N–H and O–H groups in total. The van der Waals surface area contributed by atoms with E-state index in [4.69, 9.17) is 4.74 Å². The lowest BCUT2D eigenvalue weighted by molar-refractivity contribution is 0.198. The number of methoxy groups -OCH3 is 1. The van der Waals surface area contributed by atoms with Gasteiger partial charge in [-0.1, -0.05) is 12.1 Å². The zero-order chi connectivity index (χ0) is 13.4. The maximum atomic E-state index is 13.4. The minimum atomic E-state index is -0.805. The Morgan fingerprint density at radius 3 is 2.83 bits per heavy atom. The number of ether oxygens (including phenoxy) is 1. The van der Waals surface area contributed by atoms with Gasteiger partial charge in [-0.3, -0.25) is 0 Å². The number of nitrogens with one attached hydrogen (secondary N) is 2. The molecule has 0 aromatic heterocycles. The SMILES string of the molecule is COCCNCC(C)NCc1cccc(F)c1F. The van der Waals surface area contributed by atoms with Crippen LogP contribution in [0.15, 0.2) is 18.2 Å². The number of halogens is 2. The van der Waals surface area contributed by atoms with Gasteiger partial charge in [0.05, 0.1) is 6.61 Å². The molecule has 18 heavy (non-hydrogen) atoms. The molecular weight excluding hydrogens is 238 g/mol. The Labute approximate surface area is 107 Å². The van der Waals surface area contributed by atoms with Gasteiger partial charge in [0, 0.05) is 38.3 Å². The fraction of sp³-hybridized carbons (Fsp3) is 0.538. The third kappa shape index (κ3) is 5.08. The molecule has 3 nitrogen and oxygen atoms in total. The standard InChI is InChI=1S/C13H20F2N2O/c1-10(8-16-6-7-18-2)17-9-11-4-3-5-12(14)13(11)15/h3-5,10,16-17H,6-9H2,1-2H3. The Kier molecular flexibility index (Phi) is 6.78. The Balaban J connectivity index is 2.29. The van der Waals surface area contributed by atoms with E-state index in [0.717, 1.165) is 19.2 Å². The summed E-state index contributed by atoms with van der Waals surface area (Å²) in [5.41, 5.74) is 0.346. The van der Waals surface area contributed by atoms with Crippen molar-refractivity contribution in [2.45, 2.75) is 19.5 Å². The molecular formula is C13H20F2N2O. The van der Waals surface area contributed by atoms with Crippen molar-refractivity contribution in [3.05, 3.63) is 35.4 Å². The van der Waals surface area contributed by atoms with Gasteiger partial charge in [-0.15, -0.1) is 0 Å². The summed E-state index contributed by atoms with van der Waals surface area (Å²) in [5.74, 6) is -1.58. The van der Waals surface area contributed by atoms with Gasteiger partial charge in [0.15, 0.2) is 11.6 Å². The maximum Gasteiger partial charge on any atom is 0.163 e. The molecule has 0 aliphatic rings. The number of hydrogen-bond donors (Lipinski definition) is 2. The predicted molar refractivity (Wildman–Crippen MR) is 67.4 cm³/mol. The Bertz CT molecular complexity index is 361. The maximum absolute atomic E-state index is 13.4. The van der Waals surface area contributed by atoms with Crippen molar-refractivity contribution < 1.29 is 13.5 Å². The second-order valence-corrected chi connectivity index (χ2v) is 4.19. The van der Waals surface area contributed by atoms with Crippen LogP contribution in [-0.4, -0.2) is 32.8 Å². The van der Waals surface area contributed by atoms with Crippen molar-refractivity contribution in [3.8, 4) is 0 Å². The van der Waals surface area contributed by atoms with Crippen LogP contribution in [0, 0.1) is 11.6 Å². The van der Waals surface area contributed by atoms with Crippen molar-refractivity contribution in [2.75, 3.05) is 26.8 Å². The molecule has 1 atom stereocenters. The molecule has 0 saturated heterocycles. The van der Waals surface area contributed by atoms with E-state index in [1.807, 2.05) is 6.92 Å². The van der Waals surface area contributed by atoms with Crippen molar-refractivity contribution in [2.24, 2.45) is 0 Å². The third-order valence-corrected chi connectivity index (χ3v) is 2.61. The fourth-order valence-electron chi connectivity index (χ4n) is 1.53. The second-order valence-electron chi connectivity index (χ2n) is 4.19. The average molecular weight is 258 g/mol. The fourth-order valence-corrected chi connectivity index (χ4v) is 1.53. The van der Waals surface area contributed by atoms with Crippen LogP contribution in [0.2, 0.25) is 0 Å². The zero-order valence-corrected chi connectivity index (χ0v) is 10.8. The van der Waals surface area contributed by atoms with Gasteiger partial charge in [-0.25, -0.2) is 8.78 Å². The summed E-state index contributed by atoms with van der Waals surface area (Å²) in [6, 6.07) is 4.38. The molecule has 1 rings (SSSR count). The summed E-state index contributed by atoms with van der Waals surface area (Å²) in [4.78, 5) is 0. The predicted octanol–water partition coefficient (Wildman–Crippen LogP) is 1.68. The molecule has 5 heteroatoms. The van der Waals surface area contributed by atoms with Gasteiger partial charge in [-0.2, -0.15) is 0 Å². The highest BCUT2D eigenvalue weighted by molar-refractivity contribution is 5.18. The van der Waals surface area contributed by atoms with Crippen LogP contribution in [0.3, 0.4) is 0 Å². The minimum absolute atomic E-state index is 0.171. The van der Waals surface area contributed by atoms with Gasteiger partial charge in [-0.05, 0) is 13.0 Å². The summed E-state index contributed by atoms with van der Waals surface area (Å²) >= 11 is 0. The molecule has 0 aliphatic heterocycles. The van der Waals surface area contributed by atoms with E-state index in [0.29, 0.717) is 18.7 Å². The van der Waals surface area contributed by atoms with Crippen LogP contribution in [-0.2, 0) is 11.3 Å². The van der Waals surface area contributed by atoms with Crippen molar-refractivity contribution >= 4 is 0 Å². The van der Waals surface area contributed by atoms with Crippen LogP contribution < -0.4 is 10.6 Å². The summed E-state index contributed by atoms with van der Waals surface area (Å²) in [6.45, 7) is 4.48. The van der Waals surface area contributed by atoms with E-state index in [1.54, 1.807) is 13.2 Å². The van der Waals surface area contributed by atoms with Crippen LogP contribution in [0.5, 0.6) is 0 Å². The zero-order valence-electron chi connectivity index (χ0n) is 10.8. The number of benzene rings is 1. The lowest BCUT2D eigenvalue weighted by Crippen LogP contribution is -2.37. The molecule has 0 saturated carbocycles. The minimum Gasteiger partial charge on any atom is -0.383 e. The Morgan fingerprint density at radius 1 is 1.33 bits per heavy atom. The molecule has 0 fully saturated rings. The molecule has 1 unspecified atom stereocenters. The molecule has 0 amide bonds. The van der Waals surface area contributed by atoms with E-state index >= 15 is 0 Å². The molecule has 102 valence electrons. The number of hydrogen-bond acceptors (Lipinski definition) is 3. The van der Waals surface area contributed by atoms with Crippen molar-refractivity contribution in [3.63, 3.8) is 0 Å². The molecule has 1 aromatic rings. The van der Waals surface area contributed by atoms with Gasteiger partial charge < -0.3 is 15.4 Å². The van der Waals surface area contributed by atoms with E-state index in [9.17, 15) is 8.78 Å². The van der Waals surface area contributed by atoms with Gasteiger partial charge >= 0.3 is 0 Å². The molecule has 0 heterocycles. The lowest BCUT2D eigenvalue weighted by Gasteiger charge is -2.15. The van der Waals surface area contributed by atoms with Gasteiger partial charge in [0.25, 0.3) is 0 Å². The van der Waals surface area contributed by atoms with E-state index < -0.39 is 11.6 Å². The molecule has 0 radical (unpaired) electrons. The van der Waals surface area contributed by atoms with Crippen LogP contribution in [0.1, 0.15) is 12.5 Å². The van der Waals surface area contributed by atoms with Gasteiger partial charge in [0.2, 0.25) is 0 Å². The third-order valence-electron chi connectivity index (χ3n) is 2.61. The highest BCUT2D eigenvalue weighted by atomic mass is 19.2. The average Bonchev–Trinajstić information content (AvgIpc) is 2.36. The Morgan fingerprint density at radius 2 is 2.11 bits per heavy atom. The normalized spacial score (nSPS) is 12.7. The highest BCUT2D eigenvalue weighted by Crippen LogP contribution is 2.10. The summed E-state index contributed by atoms with van der Waals surface area (Å²) in [5, 5.41) is 6.33. The summed E-state index contributed by atoms with van der Waals surface area (Å²) in [7, 11) is 1.65. The summed E-state index contributed by atoms with van der Waals surface area (Å²) < 4.78 is 31.2. The van der Waals surface area contributed by atoms with Crippen molar-refractivity contribution in [1.82, 2.24) is 10.6 Å². The van der Waals surface area contributed by atoms with E-state index in [-0.39, 0.29) is 6.04 Å². The lowest BCUT2D eigenvalue weighted by atomic mass is 10.2. The molecule has 0 spiro atoms. The van der Waals surface area contributed by atoms with Crippen LogP contribution >= 0.6 is 0 Å². The molecule has 1 aromatic carbocycles. The largest absolute Gasteiger partial charge is 0.383 e. The van der Waals surface area contributed by atoms with Crippen molar-refractivity contribution in [1.29, 1.82) is 0 Å². The second kappa shape index (κ2) is 8.13. The number of rotatable bonds is 8. The first-order chi connectivity index (χ1) is 8.65. The first kappa shape index (κ1) is 15.0. The molecule has 0 aliphatic carbocycles. The Hall–Kier alpha value is -1.04. The van der Waals surface area contributed by atoms with Gasteiger partial charge in [0.1, 0.15) is 0 Å². The van der Waals surface area contributed by atoms with Crippen LogP contribution in [0.4, 0.5) is 8.78 Å². The highest BCUT2D eigenvalue weighted by Gasteiger charge is 2.08. The topological polar surface area (TPSA) is 33.3 Å². The first-order valence-electron chi connectivity index (χ1n) is 6.01. The van der Waals surface area contributed by atoms with Crippen LogP contribution in [0.25, 0.3) is 0 Å². The smallest absolute Gasteiger partial charge is 0.163 e. The summed E-state index contributed by atoms with van der Waals surface area (Å²) in [6.07, 6.45) is 0. The van der Waals surface area contributed by atoms with E-state index in [2.05, 4.69) is 10.6 Å². The molecule has 0 bridgehead atoms. The first-order valence-corrected chi connectivity index (χ1v) is 6.01. The monoisotopic (exact) mass is 258 g/mol.